The number of halogens is 1. The van der Waals surface area contributed by atoms with Crippen molar-refractivity contribution in [3.05, 3.63) is 51.9 Å². The molecule has 2 atom stereocenters. The van der Waals surface area contributed by atoms with Gasteiger partial charge in [-0.05, 0) is 36.8 Å². The minimum atomic E-state index is -0.00923. The highest BCUT2D eigenvalue weighted by atomic mass is 35.5. The SMILES string of the molecule is CCCCCn1c(N2CC3CC3C2)cc(=O)n2cc(-c3ccc(Cl)cc3)nc12. The molecule has 2 fully saturated rings. The second-order valence-corrected chi connectivity index (χ2v) is 8.60. The summed E-state index contributed by atoms with van der Waals surface area (Å²) >= 11 is 6.02. The standard InChI is InChI=1S/C22H25ClN4O/c1-2-3-4-9-26-20(25-12-16-10-17(16)13-25)11-21(28)27-14-19(24-22(26)27)15-5-7-18(23)8-6-15/h5-8,11,14,16-17H,2-4,9-10,12-13H2,1H3. The molecule has 0 spiro atoms. The quantitative estimate of drug-likeness (QED) is 0.577. The van der Waals surface area contributed by atoms with Crippen molar-refractivity contribution in [3.63, 3.8) is 0 Å². The van der Waals surface area contributed by atoms with Crippen molar-refractivity contribution in [2.75, 3.05) is 18.0 Å². The number of anilines is 1. The molecule has 5 rings (SSSR count). The maximum atomic E-state index is 12.9. The molecule has 28 heavy (non-hydrogen) atoms. The normalized spacial score (nSPS) is 20.7. The first-order valence-corrected chi connectivity index (χ1v) is 10.7. The molecule has 5 nitrogen and oxygen atoms in total. The third-order valence-electron chi connectivity index (χ3n) is 6.12. The van der Waals surface area contributed by atoms with E-state index >= 15 is 0 Å². The summed E-state index contributed by atoms with van der Waals surface area (Å²) in [7, 11) is 0. The molecular formula is C22H25ClN4O. The average molecular weight is 397 g/mol. The maximum Gasteiger partial charge on any atom is 0.261 e. The van der Waals surface area contributed by atoms with E-state index in [0.717, 1.165) is 60.7 Å². The van der Waals surface area contributed by atoms with Gasteiger partial charge in [0.15, 0.2) is 0 Å². The predicted octanol–water partition coefficient (Wildman–Crippen LogP) is 4.46. The third-order valence-corrected chi connectivity index (χ3v) is 6.38. The summed E-state index contributed by atoms with van der Waals surface area (Å²) in [6, 6.07) is 9.42. The van der Waals surface area contributed by atoms with Crippen LogP contribution in [0.15, 0.2) is 41.3 Å². The van der Waals surface area contributed by atoms with Crippen LogP contribution in [0.5, 0.6) is 0 Å². The highest BCUT2D eigenvalue weighted by Gasteiger charge is 2.45. The summed E-state index contributed by atoms with van der Waals surface area (Å²) in [4.78, 5) is 20.2. The Morgan fingerprint density at radius 3 is 2.61 bits per heavy atom. The Kier molecular flexibility index (Phi) is 4.43. The van der Waals surface area contributed by atoms with Crippen molar-refractivity contribution >= 4 is 23.2 Å². The molecule has 0 radical (unpaired) electrons. The lowest BCUT2D eigenvalue weighted by atomic mass is 10.2. The van der Waals surface area contributed by atoms with E-state index in [4.69, 9.17) is 16.6 Å². The summed E-state index contributed by atoms with van der Waals surface area (Å²) in [5, 5.41) is 0.696. The topological polar surface area (TPSA) is 42.5 Å². The van der Waals surface area contributed by atoms with Gasteiger partial charge in [-0.15, -0.1) is 0 Å². The van der Waals surface area contributed by atoms with E-state index in [9.17, 15) is 4.79 Å². The van der Waals surface area contributed by atoms with E-state index in [0.29, 0.717) is 5.02 Å². The summed E-state index contributed by atoms with van der Waals surface area (Å²) in [6.45, 7) is 5.23. The van der Waals surface area contributed by atoms with E-state index in [1.54, 1.807) is 10.5 Å². The zero-order chi connectivity index (χ0) is 19.3. The molecule has 2 aliphatic rings. The van der Waals surface area contributed by atoms with Crippen molar-refractivity contribution in [2.45, 2.75) is 39.2 Å². The summed E-state index contributed by atoms with van der Waals surface area (Å²) in [5.74, 6) is 3.41. The van der Waals surface area contributed by atoms with Gasteiger partial charge < -0.3 is 4.90 Å². The van der Waals surface area contributed by atoms with Gasteiger partial charge in [0, 0.05) is 42.5 Å². The molecule has 1 aromatic carbocycles. The molecule has 146 valence electrons. The largest absolute Gasteiger partial charge is 0.357 e. The molecule has 2 unspecified atom stereocenters. The van der Waals surface area contributed by atoms with Crippen LogP contribution in [0.1, 0.15) is 32.6 Å². The Morgan fingerprint density at radius 1 is 1.14 bits per heavy atom. The molecule has 0 N–H and O–H groups in total. The van der Waals surface area contributed by atoms with E-state index in [1.165, 1.54) is 19.3 Å². The fourth-order valence-electron chi connectivity index (χ4n) is 4.42. The first-order valence-electron chi connectivity index (χ1n) is 10.3. The fourth-order valence-corrected chi connectivity index (χ4v) is 4.55. The van der Waals surface area contributed by atoms with Crippen LogP contribution < -0.4 is 10.5 Å². The first-order chi connectivity index (χ1) is 13.6. The molecule has 2 aromatic heterocycles. The highest BCUT2D eigenvalue weighted by molar-refractivity contribution is 6.30. The predicted molar refractivity (Wildman–Crippen MR) is 113 cm³/mol. The van der Waals surface area contributed by atoms with Crippen LogP contribution in [0.3, 0.4) is 0 Å². The number of piperidine rings is 1. The Morgan fingerprint density at radius 2 is 1.89 bits per heavy atom. The Hall–Kier alpha value is -2.27. The van der Waals surface area contributed by atoms with Crippen LogP contribution in [-0.2, 0) is 6.54 Å². The number of rotatable bonds is 6. The van der Waals surface area contributed by atoms with Crippen LogP contribution in [0.4, 0.5) is 5.82 Å². The molecule has 6 heteroatoms. The summed E-state index contributed by atoms with van der Waals surface area (Å²) < 4.78 is 3.94. The van der Waals surface area contributed by atoms with E-state index in [2.05, 4.69) is 16.4 Å². The van der Waals surface area contributed by atoms with Crippen molar-refractivity contribution in [1.82, 2.24) is 14.0 Å². The Bertz CT molecular complexity index is 1060. The van der Waals surface area contributed by atoms with Crippen molar-refractivity contribution in [1.29, 1.82) is 0 Å². The summed E-state index contributed by atoms with van der Waals surface area (Å²) in [6.07, 6.45) is 6.63. The van der Waals surface area contributed by atoms with Crippen LogP contribution in [0, 0.1) is 11.8 Å². The second kappa shape index (κ2) is 6.96. The molecule has 1 aliphatic heterocycles. The Labute approximate surface area is 169 Å². The van der Waals surface area contributed by atoms with Crippen molar-refractivity contribution < 1.29 is 0 Å². The number of imidazole rings is 1. The number of fused-ring (bicyclic) bond motifs is 2. The van der Waals surface area contributed by atoms with E-state index < -0.39 is 0 Å². The second-order valence-electron chi connectivity index (χ2n) is 8.16. The first kappa shape index (κ1) is 17.8. The molecule has 0 bridgehead atoms. The van der Waals surface area contributed by atoms with Crippen LogP contribution in [0.25, 0.3) is 17.0 Å². The van der Waals surface area contributed by atoms with Crippen LogP contribution in [0.2, 0.25) is 5.02 Å². The smallest absolute Gasteiger partial charge is 0.261 e. The third kappa shape index (κ3) is 3.12. The van der Waals surface area contributed by atoms with Gasteiger partial charge in [0.25, 0.3) is 5.56 Å². The van der Waals surface area contributed by atoms with E-state index in [-0.39, 0.29) is 5.56 Å². The number of hydrogen-bond acceptors (Lipinski definition) is 3. The Balaban J connectivity index is 1.61. The van der Waals surface area contributed by atoms with Gasteiger partial charge in [-0.25, -0.2) is 4.98 Å². The number of nitrogens with zero attached hydrogens (tertiary/aromatic N) is 4. The zero-order valence-electron chi connectivity index (χ0n) is 16.1. The minimum Gasteiger partial charge on any atom is -0.357 e. The monoisotopic (exact) mass is 396 g/mol. The number of aromatic nitrogens is 3. The number of aryl methyl sites for hydroxylation is 1. The van der Waals surface area contributed by atoms with Crippen LogP contribution in [-0.4, -0.2) is 27.0 Å². The highest BCUT2D eigenvalue weighted by Crippen LogP contribution is 2.46. The van der Waals surface area contributed by atoms with Crippen LogP contribution >= 0.6 is 11.6 Å². The zero-order valence-corrected chi connectivity index (χ0v) is 16.9. The lowest BCUT2D eigenvalue weighted by Crippen LogP contribution is -2.29. The van der Waals surface area contributed by atoms with Gasteiger partial charge >= 0.3 is 0 Å². The molecule has 1 aliphatic carbocycles. The van der Waals surface area contributed by atoms with Gasteiger partial charge in [-0.2, -0.15) is 0 Å². The number of unbranched alkanes of at least 4 members (excludes halogenated alkanes) is 2. The van der Waals surface area contributed by atoms with E-state index in [1.807, 2.05) is 30.5 Å². The minimum absolute atomic E-state index is 0.00923. The number of hydrogen-bond donors (Lipinski definition) is 0. The van der Waals surface area contributed by atoms with Crippen molar-refractivity contribution in [3.8, 4) is 11.3 Å². The van der Waals surface area contributed by atoms with Gasteiger partial charge in [0.2, 0.25) is 5.78 Å². The number of benzene rings is 1. The molecule has 3 heterocycles. The van der Waals surface area contributed by atoms with Gasteiger partial charge in [-0.3, -0.25) is 13.8 Å². The summed E-state index contributed by atoms with van der Waals surface area (Å²) in [5.41, 5.74) is 1.76. The molecule has 0 amide bonds. The van der Waals surface area contributed by atoms with Gasteiger partial charge in [0.05, 0.1) is 5.69 Å². The lowest BCUT2D eigenvalue weighted by Gasteiger charge is -2.25. The average Bonchev–Trinajstić information content (AvgIpc) is 3.10. The molecule has 1 saturated heterocycles. The van der Waals surface area contributed by atoms with Gasteiger partial charge in [0.1, 0.15) is 5.82 Å². The van der Waals surface area contributed by atoms with Gasteiger partial charge in [-0.1, -0.05) is 43.5 Å². The molecular weight excluding hydrogens is 372 g/mol. The fraction of sp³-hybridized carbons (Fsp3) is 0.455. The molecule has 1 saturated carbocycles. The molecule has 3 aromatic rings. The van der Waals surface area contributed by atoms with Crippen molar-refractivity contribution in [2.24, 2.45) is 11.8 Å². The lowest BCUT2D eigenvalue weighted by molar-refractivity contribution is 0.593. The maximum absolute atomic E-state index is 12.9.